The number of anilines is 2. The van der Waals surface area contributed by atoms with E-state index in [0.29, 0.717) is 11.7 Å². The summed E-state index contributed by atoms with van der Waals surface area (Å²) in [6, 6.07) is 11.9. The smallest absolute Gasteiger partial charge is 0.244 e. The normalized spacial score (nSPS) is 23.0. The van der Waals surface area contributed by atoms with Gasteiger partial charge in [0, 0.05) is 25.0 Å². The summed E-state index contributed by atoms with van der Waals surface area (Å²) in [6.07, 6.45) is 3.48. The summed E-state index contributed by atoms with van der Waals surface area (Å²) in [5.41, 5.74) is 9.25. The number of fused-ring (bicyclic) bond motifs is 1. The number of hydrogen-bond acceptors (Lipinski definition) is 4. The largest absolute Gasteiger partial charge is 0.384 e. The molecule has 5 nitrogen and oxygen atoms in total. The number of aromatic nitrogens is 1. The van der Waals surface area contributed by atoms with Crippen molar-refractivity contribution in [3.05, 3.63) is 53.7 Å². The topological polar surface area (TPSA) is 71.2 Å². The van der Waals surface area contributed by atoms with Crippen LogP contribution in [0.5, 0.6) is 0 Å². The fourth-order valence-electron chi connectivity index (χ4n) is 3.65. The van der Waals surface area contributed by atoms with Crippen LogP contribution in [-0.4, -0.2) is 30.0 Å². The highest BCUT2D eigenvalue weighted by molar-refractivity contribution is 5.99. The second-order valence-electron chi connectivity index (χ2n) is 6.28. The Hall–Kier alpha value is -2.40. The molecule has 0 aliphatic carbocycles. The fraction of sp³-hybridized carbons (Fsp3) is 0.333. The second kappa shape index (κ2) is 5.66. The summed E-state index contributed by atoms with van der Waals surface area (Å²) in [5.74, 6) is 1.03. The molecule has 0 spiro atoms. The van der Waals surface area contributed by atoms with Gasteiger partial charge in [-0.1, -0.05) is 18.2 Å². The van der Waals surface area contributed by atoms with Crippen LogP contribution in [0.25, 0.3) is 0 Å². The highest BCUT2D eigenvalue weighted by Gasteiger charge is 2.35. The molecule has 2 atom stereocenters. The van der Waals surface area contributed by atoms with E-state index in [1.165, 1.54) is 5.56 Å². The van der Waals surface area contributed by atoms with Gasteiger partial charge < -0.3 is 16.0 Å². The first-order valence-electron chi connectivity index (χ1n) is 8.06. The number of nitrogen functional groups attached to an aromatic ring is 1. The van der Waals surface area contributed by atoms with E-state index in [0.717, 1.165) is 37.2 Å². The van der Waals surface area contributed by atoms with Gasteiger partial charge >= 0.3 is 0 Å². The van der Waals surface area contributed by atoms with Crippen molar-refractivity contribution < 1.29 is 4.79 Å². The summed E-state index contributed by atoms with van der Waals surface area (Å²) in [4.78, 5) is 18.8. The molecule has 4 rings (SSSR count). The molecular formula is C18H20N4O. The molecule has 23 heavy (non-hydrogen) atoms. The number of nitrogens with one attached hydrogen (secondary N) is 1. The number of para-hydroxylation sites is 1. The standard InChI is InChI=1S/C18H20N4O/c19-17-10-13(5-7-20-17)14-9-15(21-11-14)18(23)22-8-6-12-3-1-2-4-16(12)22/h1-5,7,10,14-15,21H,6,8-9,11H2,(H2,19,20). The van der Waals surface area contributed by atoms with Crippen LogP contribution in [0.1, 0.15) is 23.5 Å². The number of carbonyl (C=O) groups is 1. The number of carbonyl (C=O) groups excluding carboxylic acids is 1. The lowest BCUT2D eigenvalue weighted by Crippen LogP contribution is -2.42. The number of rotatable bonds is 2. The number of hydrogen-bond donors (Lipinski definition) is 2. The molecule has 3 N–H and O–H groups in total. The highest BCUT2D eigenvalue weighted by Crippen LogP contribution is 2.31. The first-order valence-corrected chi connectivity index (χ1v) is 8.06. The number of amides is 1. The van der Waals surface area contributed by atoms with Gasteiger partial charge in [0.05, 0.1) is 6.04 Å². The van der Waals surface area contributed by atoms with Crippen LogP contribution in [0.4, 0.5) is 11.5 Å². The van der Waals surface area contributed by atoms with Gasteiger partial charge in [-0.15, -0.1) is 0 Å². The SMILES string of the molecule is Nc1cc(C2CNC(C(=O)N3CCc4ccccc43)C2)ccn1. The third kappa shape index (κ3) is 2.57. The molecule has 2 aliphatic rings. The predicted molar refractivity (Wildman–Crippen MR) is 90.3 cm³/mol. The molecule has 118 valence electrons. The summed E-state index contributed by atoms with van der Waals surface area (Å²) in [7, 11) is 0. The predicted octanol–water partition coefficient (Wildman–Crippen LogP) is 1.70. The van der Waals surface area contributed by atoms with Crippen molar-refractivity contribution in [3.8, 4) is 0 Å². The van der Waals surface area contributed by atoms with Crippen LogP contribution < -0.4 is 16.0 Å². The molecule has 0 saturated carbocycles. The lowest BCUT2D eigenvalue weighted by atomic mass is 9.96. The Bertz CT molecular complexity index is 745. The Kier molecular flexibility index (Phi) is 3.50. The van der Waals surface area contributed by atoms with E-state index >= 15 is 0 Å². The highest BCUT2D eigenvalue weighted by atomic mass is 16.2. The molecule has 3 heterocycles. The zero-order chi connectivity index (χ0) is 15.8. The van der Waals surface area contributed by atoms with E-state index in [9.17, 15) is 4.79 Å². The average molecular weight is 308 g/mol. The lowest BCUT2D eigenvalue weighted by molar-refractivity contribution is -0.120. The monoisotopic (exact) mass is 308 g/mol. The molecule has 0 radical (unpaired) electrons. The van der Waals surface area contributed by atoms with E-state index < -0.39 is 0 Å². The average Bonchev–Trinajstić information content (AvgIpc) is 3.22. The Morgan fingerprint density at radius 2 is 2.17 bits per heavy atom. The van der Waals surface area contributed by atoms with Crippen LogP contribution in [0.2, 0.25) is 0 Å². The van der Waals surface area contributed by atoms with Gasteiger partial charge in [-0.05, 0) is 48.1 Å². The van der Waals surface area contributed by atoms with E-state index in [-0.39, 0.29) is 11.9 Å². The van der Waals surface area contributed by atoms with E-state index in [1.54, 1.807) is 6.20 Å². The van der Waals surface area contributed by atoms with Crippen LogP contribution in [-0.2, 0) is 11.2 Å². The third-order valence-electron chi connectivity index (χ3n) is 4.86. The van der Waals surface area contributed by atoms with Crippen LogP contribution in [0, 0.1) is 0 Å². The quantitative estimate of drug-likeness (QED) is 0.886. The van der Waals surface area contributed by atoms with Crippen molar-refractivity contribution in [1.82, 2.24) is 10.3 Å². The van der Waals surface area contributed by atoms with Crippen molar-refractivity contribution in [2.75, 3.05) is 23.7 Å². The van der Waals surface area contributed by atoms with E-state index in [2.05, 4.69) is 16.4 Å². The molecule has 5 heteroatoms. The number of pyridine rings is 1. The van der Waals surface area contributed by atoms with Crippen molar-refractivity contribution >= 4 is 17.4 Å². The molecule has 1 amide bonds. The maximum atomic E-state index is 12.9. The summed E-state index contributed by atoms with van der Waals surface area (Å²) < 4.78 is 0. The lowest BCUT2D eigenvalue weighted by Gasteiger charge is -2.21. The maximum Gasteiger partial charge on any atom is 0.244 e. The zero-order valence-corrected chi connectivity index (χ0v) is 12.9. The van der Waals surface area contributed by atoms with E-state index in [4.69, 9.17) is 5.73 Å². The van der Waals surface area contributed by atoms with Gasteiger partial charge in [-0.25, -0.2) is 4.98 Å². The minimum Gasteiger partial charge on any atom is -0.384 e. The van der Waals surface area contributed by atoms with Crippen molar-refractivity contribution in [3.63, 3.8) is 0 Å². The Balaban J connectivity index is 1.49. The summed E-state index contributed by atoms with van der Waals surface area (Å²) in [6.45, 7) is 1.58. The van der Waals surface area contributed by atoms with Gasteiger partial charge in [-0.2, -0.15) is 0 Å². The fourth-order valence-corrected chi connectivity index (χ4v) is 3.65. The minimum absolute atomic E-state index is 0.124. The Morgan fingerprint density at radius 1 is 1.30 bits per heavy atom. The number of nitrogens with two attached hydrogens (primary N) is 1. The first-order chi connectivity index (χ1) is 11.2. The van der Waals surface area contributed by atoms with Crippen LogP contribution in [0.15, 0.2) is 42.6 Å². The van der Waals surface area contributed by atoms with Crippen LogP contribution >= 0.6 is 0 Å². The van der Waals surface area contributed by atoms with Gasteiger partial charge in [0.2, 0.25) is 5.91 Å². The molecule has 1 aromatic carbocycles. The Labute approximate surface area is 135 Å². The molecular weight excluding hydrogens is 288 g/mol. The van der Waals surface area contributed by atoms with E-state index in [1.807, 2.05) is 35.2 Å². The molecule has 2 unspecified atom stereocenters. The number of nitrogens with zero attached hydrogens (tertiary/aromatic N) is 2. The van der Waals surface area contributed by atoms with Crippen molar-refractivity contribution in [1.29, 1.82) is 0 Å². The number of benzene rings is 1. The second-order valence-corrected chi connectivity index (χ2v) is 6.28. The molecule has 2 aliphatic heterocycles. The van der Waals surface area contributed by atoms with Gasteiger partial charge in [0.1, 0.15) is 5.82 Å². The molecule has 0 bridgehead atoms. The summed E-state index contributed by atoms with van der Waals surface area (Å²) in [5, 5.41) is 3.38. The zero-order valence-electron chi connectivity index (χ0n) is 12.9. The van der Waals surface area contributed by atoms with Crippen molar-refractivity contribution in [2.24, 2.45) is 0 Å². The van der Waals surface area contributed by atoms with Gasteiger partial charge in [-0.3, -0.25) is 4.79 Å². The summed E-state index contributed by atoms with van der Waals surface area (Å²) >= 11 is 0. The van der Waals surface area contributed by atoms with Crippen molar-refractivity contribution in [2.45, 2.75) is 24.8 Å². The molecule has 1 fully saturated rings. The molecule has 2 aromatic rings. The molecule has 1 saturated heterocycles. The molecule has 1 aromatic heterocycles. The maximum absolute atomic E-state index is 12.9. The minimum atomic E-state index is -0.124. The van der Waals surface area contributed by atoms with Gasteiger partial charge in [0.15, 0.2) is 0 Å². The van der Waals surface area contributed by atoms with Crippen LogP contribution in [0.3, 0.4) is 0 Å². The van der Waals surface area contributed by atoms with Gasteiger partial charge in [0.25, 0.3) is 0 Å². The Morgan fingerprint density at radius 3 is 3.04 bits per heavy atom. The first kappa shape index (κ1) is 14.2. The third-order valence-corrected chi connectivity index (χ3v) is 4.86.